The average Bonchev–Trinajstić information content (AvgIpc) is 3.35. The molecular weight excluding hydrogens is 541 g/mol. The van der Waals surface area contributed by atoms with Gasteiger partial charge in [0.1, 0.15) is 5.82 Å². The average molecular weight is 571 g/mol. The molecule has 5 rings (SSSR count). The van der Waals surface area contributed by atoms with Crippen LogP contribution in [-0.4, -0.2) is 27.6 Å². The number of allylic oxidation sites excluding steroid dienone is 3. The fraction of sp³-hybridized carbons (Fsp3) is 0.300. The zero-order valence-electron chi connectivity index (χ0n) is 22.8. The van der Waals surface area contributed by atoms with Crippen LogP contribution in [0, 0.1) is 30.6 Å². The van der Waals surface area contributed by atoms with Gasteiger partial charge in [0, 0.05) is 23.4 Å². The summed E-state index contributed by atoms with van der Waals surface area (Å²) in [5.74, 6) is -0.266. The summed E-state index contributed by atoms with van der Waals surface area (Å²) in [6, 6.07) is 17.8. The Morgan fingerprint density at radius 1 is 1.18 bits per heavy atom. The lowest BCUT2D eigenvalue weighted by atomic mass is 9.68. The van der Waals surface area contributed by atoms with Crippen LogP contribution in [0.4, 0.5) is 10.8 Å². The molecule has 40 heavy (non-hydrogen) atoms. The Kier molecular flexibility index (Phi) is 7.53. The van der Waals surface area contributed by atoms with Crippen molar-refractivity contribution < 1.29 is 9.59 Å². The van der Waals surface area contributed by atoms with Crippen molar-refractivity contribution in [2.45, 2.75) is 50.8 Å². The highest BCUT2D eigenvalue weighted by Crippen LogP contribution is 2.50. The van der Waals surface area contributed by atoms with Gasteiger partial charge >= 0.3 is 0 Å². The van der Waals surface area contributed by atoms with Crippen molar-refractivity contribution in [3.05, 3.63) is 87.9 Å². The zero-order valence-corrected chi connectivity index (χ0v) is 24.4. The van der Waals surface area contributed by atoms with E-state index in [1.54, 1.807) is 4.90 Å². The molecule has 2 aromatic carbocycles. The van der Waals surface area contributed by atoms with E-state index in [-0.39, 0.29) is 28.7 Å². The number of carbonyl (C=O) groups excluding carboxylic acids is 2. The minimum atomic E-state index is -0.535. The number of anilines is 2. The van der Waals surface area contributed by atoms with E-state index in [9.17, 15) is 14.9 Å². The molecule has 1 aromatic heterocycles. The molecule has 0 spiro atoms. The Labute approximate surface area is 242 Å². The third kappa shape index (κ3) is 5.53. The standard InChI is InChI=1S/C30H30N6O2S2/c1-17-8-10-19(11-9-17)25-21(15-31)27(32)36(22-13-30(3,4)14-23(37)26(22)25)28-34-35-29(40-28)39-16-24(38)33-20-7-5-6-18(2)12-20/h5-12,25H,13-14,16,32H2,1-4H3,(H,33,38). The van der Waals surface area contributed by atoms with Crippen LogP contribution < -0.4 is 16.0 Å². The summed E-state index contributed by atoms with van der Waals surface area (Å²) >= 11 is 2.55. The third-order valence-corrected chi connectivity index (χ3v) is 9.05. The number of amides is 1. The van der Waals surface area contributed by atoms with E-state index in [1.807, 2.05) is 62.4 Å². The van der Waals surface area contributed by atoms with E-state index < -0.39 is 5.92 Å². The van der Waals surface area contributed by atoms with Crippen molar-refractivity contribution in [2.75, 3.05) is 16.0 Å². The van der Waals surface area contributed by atoms with Gasteiger partial charge in [-0.15, -0.1) is 10.2 Å². The van der Waals surface area contributed by atoms with Crippen LogP contribution in [0.3, 0.4) is 0 Å². The third-order valence-electron chi connectivity index (χ3n) is 7.01. The molecule has 10 heteroatoms. The normalized spacial score (nSPS) is 18.4. The number of nitrogens with two attached hydrogens (primary N) is 1. The predicted octanol–water partition coefficient (Wildman–Crippen LogP) is 5.83. The topological polar surface area (TPSA) is 125 Å². The van der Waals surface area contributed by atoms with Crippen molar-refractivity contribution in [3.8, 4) is 6.07 Å². The summed E-state index contributed by atoms with van der Waals surface area (Å²) in [5, 5.41) is 22.3. The van der Waals surface area contributed by atoms with Gasteiger partial charge in [0.05, 0.1) is 23.3 Å². The predicted molar refractivity (Wildman–Crippen MR) is 159 cm³/mol. The van der Waals surface area contributed by atoms with Crippen LogP contribution in [-0.2, 0) is 9.59 Å². The van der Waals surface area contributed by atoms with Gasteiger partial charge in [0.15, 0.2) is 10.1 Å². The maximum absolute atomic E-state index is 13.7. The lowest BCUT2D eigenvalue weighted by molar-refractivity contribution is -0.118. The number of benzene rings is 2. The number of Topliss-reactive ketones (excluding diaryl/α,β-unsaturated/α-hetero) is 1. The summed E-state index contributed by atoms with van der Waals surface area (Å²) in [4.78, 5) is 27.9. The number of rotatable bonds is 6. The molecule has 0 saturated heterocycles. The van der Waals surface area contributed by atoms with E-state index in [1.165, 1.54) is 23.1 Å². The van der Waals surface area contributed by atoms with Crippen molar-refractivity contribution >= 4 is 45.6 Å². The SMILES string of the molecule is Cc1ccc(C2C(C#N)=C(N)N(c3nnc(SCC(=O)Nc4cccc(C)c4)s3)C3=C2C(=O)CC(C)(C)C3)cc1. The molecule has 1 aliphatic carbocycles. The molecule has 1 aliphatic heterocycles. The quantitative estimate of drug-likeness (QED) is 0.355. The van der Waals surface area contributed by atoms with E-state index in [2.05, 4.69) is 35.4 Å². The molecule has 1 amide bonds. The Bertz CT molecular complexity index is 1600. The number of carbonyl (C=O) groups is 2. The second-order valence-electron chi connectivity index (χ2n) is 10.9. The summed E-state index contributed by atoms with van der Waals surface area (Å²) in [5.41, 5.74) is 11.8. The molecule has 8 nitrogen and oxygen atoms in total. The first-order valence-electron chi connectivity index (χ1n) is 12.9. The summed E-state index contributed by atoms with van der Waals surface area (Å²) in [6.07, 6.45) is 0.977. The van der Waals surface area contributed by atoms with Crippen LogP contribution in [0.5, 0.6) is 0 Å². The van der Waals surface area contributed by atoms with Crippen molar-refractivity contribution in [3.63, 3.8) is 0 Å². The highest BCUT2D eigenvalue weighted by atomic mass is 32.2. The van der Waals surface area contributed by atoms with E-state index in [0.717, 1.165) is 28.1 Å². The number of hydrogen-bond donors (Lipinski definition) is 2. The fourth-order valence-corrected chi connectivity index (χ4v) is 6.90. The van der Waals surface area contributed by atoms with Crippen LogP contribution in [0.2, 0.25) is 0 Å². The Morgan fingerprint density at radius 2 is 1.93 bits per heavy atom. The Balaban J connectivity index is 1.46. The highest BCUT2D eigenvalue weighted by Gasteiger charge is 2.45. The first kappa shape index (κ1) is 27.6. The minimum absolute atomic E-state index is 0.00834. The van der Waals surface area contributed by atoms with Gasteiger partial charge in [-0.05, 0) is 48.9 Å². The molecule has 0 saturated carbocycles. The number of hydrogen-bond acceptors (Lipinski definition) is 9. The lowest BCUT2D eigenvalue weighted by Crippen LogP contribution is -2.42. The van der Waals surface area contributed by atoms with Crippen molar-refractivity contribution in [2.24, 2.45) is 11.1 Å². The van der Waals surface area contributed by atoms with Gasteiger partial charge in [-0.1, -0.05) is 78.9 Å². The molecule has 204 valence electrons. The molecule has 0 fully saturated rings. The number of nitrogens with zero attached hydrogens (tertiary/aromatic N) is 4. The van der Waals surface area contributed by atoms with Crippen molar-refractivity contribution in [1.29, 1.82) is 5.26 Å². The second-order valence-corrected chi connectivity index (χ2v) is 13.1. The fourth-order valence-electron chi connectivity index (χ4n) is 5.22. The van der Waals surface area contributed by atoms with E-state index in [4.69, 9.17) is 5.73 Å². The maximum atomic E-state index is 13.7. The molecule has 3 N–H and O–H groups in total. The summed E-state index contributed by atoms with van der Waals surface area (Å²) < 4.78 is 0.588. The van der Waals surface area contributed by atoms with Crippen LogP contribution in [0.1, 0.15) is 49.3 Å². The molecule has 1 atom stereocenters. The van der Waals surface area contributed by atoms with E-state index >= 15 is 0 Å². The van der Waals surface area contributed by atoms with Gasteiger partial charge in [0.25, 0.3) is 0 Å². The van der Waals surface area contributed by atoms with Crippen LogP contribution >= 0.6 is 23.1 Å². The van der Waals surface area contributed by atoms with Crippen LogP contribution in [0.15, 0.2) is 75.5 Å². The summed E-state index contributed by atoms with van der Waals surface area (Å²) in [6.45, 7) is 8.08. The van der Waals surface area contributed by atoms with Crippen molar-refractivity contribution in [1.82, 2.24) is 10.2 Å². The van der Waals surface area contributed by atoms with Gasteiger partial charge in [-0.25, -0.2) is 0 Å². The van der Waals surface area contributed by atoms with E-state index in [0.29, 0.717) is 33.5 Å². The zero-order chi connectivity index (χ0) is 28.6. The van der Waals surface area contributed by atoms with Gasteiger partial charge in [-0.3, -0.25) is 14.5 Å². The smallest absolute Gasteiger partial charge is 0.234 e. The largest absolute Gasteiger partial charge is 0.384 e. The first-order chi connectivity index (χ1) is 19.1. The molecule has 3 aromatic rings. The van der Waals surface area contributed by atoms with Gasteiger partial charge in [0.2, 0.25) is 11.0 Å². The van der Waals surface area contributed by atoms with Crippen LogP contribution in [0.25, 0.3) is 0 Å². The number of ketones is 1. The molecule has 2 aliphatic rings. The monoisotopic (exact) mass is 570 g/mol. The molecule has 1 unspecified atom stereocenters. The minimum Gasteiger partial charge on any atom is -0.384 e. The molecule has 0 bridgehead atoms. The number of aryl methyl sites for hydroxylation is 2. The Hall–Kier alpha value is -3.94. The Morgan fingerprint density at radius 3 is 2.62 bits per heavy atom. The number of nitrogens with one attached hydrogen (secondary N) is 1. The second kappa shape index (κ2) is 10.9. The summed E-state index contributed by atoms with van der Waals surface area (Å²) in [7, 11) is 0. The maximum Gasteiger partial charge on any atom is 0.234 e. The molecule has 2 heterocycles. The van der Waals surface area contributed by atoms with Gasteiger partial charge < -0.3 is 11.1 Å². The van der Waals surface area contributed by atoms with Gasteiger partial charge in [-0.2, -0.15) is 5.26 Å². The molecule has 0 radical (unpaired) electrons. The number of thioether (sulfide) groups is 1. The number of nitriles is 1. The lowest BCUT2D eigenvalue weighted by Gasteiger charge is -2.42. The first-order valence-corrected chi connectivity index (χ1v) is 14.7. The molecular formula is C30H30N6O2S2. The number of aromatic nitrogens is 2. The highest BCUT2D eigenvalue weighted by molar-refractivity contribution is 8.01.